The first-order chi connectivity index (χ1) is 6.71. The highest BCUT2D eigenvalue weighted by molar-refractivity contribution is 5.27. The van der Waals surface area contributed by atoms with Crippen molar-refractivity contribution in [3.63, 3.8) is 0 Å². The quantitative estimate of drug-likeness (QED) is 0.808. The summed E-state index contributed by atoms with van der Waals surface area (Å²) in [5, 5.41) is 9.73. The van der Waals surface area contributed by atoms with E-state index in [-0.39, 0.29) is 0 Å². The van der Waals surface area contributed by atoms with Gasteiger partial charge in [-0.1, -0.05) is 29.8 Å². The van der Waals surface area contributed by atoms with Crippen molar-refractivity contribution >= 4 is 0 Å². The van der Waals surface area contributed by atoms with Crippen LogP contribution in [0, 0.1) is 6.92 Å². The Morgan fingerprint density at radius 1 is 1.27 bits per heavy atom. The number of alkyl halides is 3. The molecular weight excluding hydrogens is 205 g/mol. The van der Waals surface area contributed by atoms with E-state index in [0.29, 0.717) is 5.56 Å². The summed E-state index contributed by atoms with van der Waals surface area (Å²) in [6.45, 7) is 2.95. The Hall–Kier alpha value is -1.03. The lowest BCUT2D eigenvalue weighted by Crippen LogP contribution is -2.29. The van der Waals surface area contributed by atoms with Gasteiger partial charge >= 0.3 is 6.18 Å². The largest absolute Gasteiger partial charge is 0.392 e. The standard InChI is InChI=1S/C11H13F3O/c1-8-4-3-5-9(6-8)10(2,15)7-11(12,13)14/h3-6,15H,7H2,1-2H3. The second-order valence-corrected chi connectivity index (χ2v) is 3.94. The topological polar surface area (TPSA) is 20.2 Å². The first-order valence-corrected chi connectivity index (χ1v) is 4.57. The molecule has 0 amide bonds. The number of aryl methyl sites for hydroxylation is 1. The first-order valence-electron chi connectivity index (χ1n) is 4.57. The average Bonchev–Trinajstić information content (AvgIpc) is 1.99. The normalized spacial score (nSPS) is 16.1. The molecule has 1 rings (SSSR count). The molecule has 1 nitrogen and oxygen atoms in total. The van der Waals surface area contributed by atoms with Crippen molar-refractivity contribution in [2.75, 3.05) is 0 Å². The third kappa shape index (κ3) is 3.55. The van der Waals surface area contributed by atoms with Crippen LogP contribution in [-0.4, -0.2) is 11.3 Å². The zero-order valence-electron chi connectivity index (χ0n) is 8.60. The summed E-state index contributed by atoms with van der Waals surface area (Å²) in [5.74, 6) is 0. The Labute approximate surface area is 86.5 Å². The zero-order chi connectivity index (χ0) is 11.7. The molecule has 0 radical (unpaired) electrons. The number of hydrogen-bond donors (Lipinski definition) is 1. The molecular formula is C11H13F3O. The van der Waals surface area contributed by atoms with Gasteiger partial charge in [-0.3, -0.25) is 0 Å². The molecule has 15 heavy (non-hydrogen) atoms. The van der Waals surface area contributed by atoms with Gasteiger partial charge in [-0.15, -0.1) is 0 Å². The van der Waals surface area contributed by atoms with E-state index >= 15 is 0 Å². The summed E-state index contributed by atoms with van der Waals surface area (Å²) in [6, 6.07) is 6.47. The molecule has 0 bridgehead atoms. The second-order valence-electron chi connectivity index (χ2n) is 3.94. The van der Waals surface area contributed by atoms with Crippen molar-refractivity contribution in [2.45, 2.75) is 32.0 Å². The summed E-state index contributed by atoms with van der Waals surface area (Å²) < 4.78 is 36.5. The Morgan fingerprint density at radius 3 is 2.33 bits per heavy atom. The maximum atomic E-state index is 12.2. The van der Waals surface area contributed by atoms with E-state index in [4.69, 9.17) is 0 Å². The van der Waals surface area contributed by atoms with Crippen molar-refractivity contribution in [1.29, 1.82) is 0 Å². The van der Waals surface area contributed by atoms with Crippen LogP contribution >= 0.6 is 0 Å². The van der Waals surface area contributed by atoms with E-state index in [9.17, 15) is 18.3 Å². The molecule has 84 valence electrons. The average molecular weight is 218 g/mol. The van der Waals surface area contributed by atoms with Crippen LogP contribution in [-0.2, 0) is 5.60 Å². The van der Waals surface area contributed by atoms with Crippen LogP contribution in [0.4, 0.5) is 13.2 Å². The van der Waals surface area contributed by atoms with Crippen LogP contribution < -0.4 is 0 Å². The fraction of sp³-hybridized carbons (Fsp3) is 0.455. The number of hydrogen-bond acceptors (Lipinski definition) is 1. The fourth-order valence-electron chi connectivity index (χ4n) is 1.47. The van der Waals surface area contributed by atoms with Gasteiger partial charge in [-0.05, 0) is 19.4 Å². The highest BCUT2D eigenvalue weighted by atomic mass is 19.4. The lowest BCUT2D eigenvalue weighted by Gasteiger charge is -2.25. The van der Waals surface area contributed by atoms with Gasteiger partial charge in [-0.2, -0.15) is 13.2 Å². The van der Waals surface area contributed by atoms with Gasteiger partial charge in [-0.25, -0.2) is 0 Å². The van der Waals surface area contributed by atoms with Crippen molar-refractivity contribution < 1.29 is 18.3 Å². The zero-order valence-corrected chi connectivity index (χ0v) is 8.60. The van der Waals surface area contributed by atoms with Crippen LogP contribution in [0.25, 0.3) is 0 Å². The summed E-state index contributed by atoms with van der Waals surface area (Å²) in [7, 11) is 0. The summed E-state index contributed by atoms with van der Waals surface area (Å²) >= 11 is 0. The Kier molecular flexibility index (Phi) is 3.09. The highest BCUT2D eigenvalue weighted by Gasteiger charge is 2.39. The Bertz CT molecular complexity index is 342. The lowest BCUT2D eigenvalue weighted by molar-refractivity contribution is -0.174. The SMILES string of the molecule is Cc1cccc(C(C)(O)CC(F)(F)F)c1. The number of aliphatic hydroxyl groups is 1. The van der Waals surface area contributed by atoms with E-state index in [1.165, 1.54) is 13.0 Å². The molecule has 0 spiro atoms. The molecule has 1 unspecified atom stereocenters. The smallest absolute Gasteiger partial charge is 0.385 e. The van der Waals surface area contributed by atoms with E-state index in [1.54, 1.807) is 25.1 Å². The van der Waals surface area contributed by atoms with Gasteiger partial charge in [0.1, 0.15) is 0 Å². The van der Waals surface area contributed by atoms with Crippen molar-refractivity contribution in [3.05, 3.63) is 35.4 Å². The molecule has 1 N–H and O–H groups in total. The van der Waals surface area contributed by atoms with Crippen molar-refractivity contribution in [2.24, 2.45) is 0 Å². The van der Waals surface area contributed by atoms with Crippen molar-refractivity contribution in [1.82, 2.24) is 0 Å². The summed E-state index contributed by atoms with van der Waals surface area (Å²) in [5.41, 5.74) is -0.737. The minimum absolute atomic E-state index is 0.292. The Balaban J connectivity index is 2.95. The van der Waals surface area contributed by atoms with E-state index in [2.05, 4.69) is 0 Å². The maximum Gasteiger partial charge on any atom is 0.392 e. The van der Waals surface area contributed by atoms with Crippen LogP contribution in [0.5, 0.6) is 0 Å². The van der Waals surface area contributed by atoms with Crippen LogP contribution in [0.2, 0.25) is 0 Å². The van der Waals surface area contributed by atoms with Crippen LogP contribution in [0.15, 0.2) is 24.3 Å². The molecule has 0 saturated heterocycles. The van der Waals surface area contributed by atoms with E-state index in [1.807, 2.05) is 0 Å². The molecule has 0 aliphatic heterocycles. The van der Waals surface area contributed by atoms with Gasteiger partial charge < -0.3 is 5.11 Å². The molecule has 1 aromatic rings. The molecule has 1 aromatic carbocycles. The van der Waals surface area contributed by atoms with Crippen LogP contribution in [0.3, 0.4) is 0 Å². The van der Waals surface area contributed by atoms with E-state index in [0.717, 1.165) is 5.56 Å². The summed E-state index contributed by atoms with van der Waals surface area (Å²) in [4.78, 5) is 0. The fourth-order valence-corrected chi connectivity index (χ4v) is 1.47. The summed E-state index contributed by atoms with van der Waals surface area (Å²) in [6.07, 6.45) is -5.60. The molecule has 4 heteroatoms. The Morgan fingerprint density at radius 2 is 1.87 bits per heavy atom. The maximum absolute atomic E-state index is 12.2. The van der Waals surface area contributed by atoms with Gasteiger partial charge in [0.25, 0.3) is 0 Å². The highest BCUT2D eigenvalue weighted by Crippen LogP contribution is 2.34. The molecule has 0 aliphatic rings. The molecule has 0 aliphatic carbocycles. The number of rotatable bonds is 2. The van der Waals surface area contributed by atoms with E-state index < -0.39 is 18.2 Å². The van der Waals surface area contributed by atoms with Gasteiger partial charge in [0.15, 0.2) is 0 Å². The van der Waals surface area contributed by atoms with Gasteiger partial charge in [0.2, 0.25) is 0 Å². The van der Waals surface area contributed by atoms with Crippen molar-refractivity contribution in [3.8, 4) is 0 Å². The third-order valence-electron chi connectivity index (χ3n) is 2.18. The molecule has 0 heterocycles. The third-order valence-corrected chi connectivity index (χ3v) is 2.18. The predicted octanol–water partition coefficient (Wildman–Crippen LogP) is 3.15. The predicted molar refractivity (Wildman–Crippen MR) is 51.4 cm³/mol. The minimum atomic E-state index is -4.37. The van der Waals surface area contributed by atoms with Gasteiger partial charge in [0, 0.05) is 0 Å². The second kappa shape index (κ2) is 3.85. The minimum Gasteiger partial charge on any atom is -0.385 e. The number of benzene rings is 1. The van der Waals surface area contributed by atoms with Crippen LogP contribution in [0.1, 0.15) is 24.5 Å². The first kappa shape index (κ1) is 12.0. The lowest BCUT2D eigenvalue weighted by atomic mass is 9.91. The monoisotopic (exact) mass is 218 g/mol. The van der Waals surface area contributed by atoms with Gasteiger partial charge in [0.05, 0.1) is 12.0 Å². The molecule has 0 saturated carbocycles. The molecule has 0 aromatic heterocycles. The molecule has 0 fully saturated rings. The molecule has 1 atom stereocenters. The number of halogens is 3.